The van der Waals surface area contributed by atoms with Crippen molar-refractivity contribution >= 4 is 16.7 Å². The average molecular weight is 482 g/mol. The Kier molecular flexibility index (Phi) is 5.32. The van der Waals surface area contributed by atoms with E-state index in [-0.39, 0.29) is 11.4 Å². The third-order valence-corrected chi connectivity index (χ3v) is 6.18. The number of nitrogens with two attached hydrogens (primary N) is 1. The van der Waals surface area contributed by atoms with E-state index in [0.717, 1.165) is 11.1 Å². The number of nitrogens with zero attached hydrogens (tertiary/aromatic N) is 4. The van der Waals surface area contributed by atoms with E-state index < -0.39 is 0 Å². The molecule has 6 rings (SSSR count). The molecule has 0 aliphatic carbocycles. The summed E-state index contributed by atoms with van der Waals surface area (Å²) in [4.78, 5) is 22.7. The van der Waals surface area contributed by atoms with Crippen molar-refractivity contribution < 1.29 is 4.42 Å². The Bertz CT molecular complexity index is 1850. The Labute approximate surface area is 211 Å². The molecule has 3 aromatic heterocycles. The lowest BCUT2D eigenvalue weighted by Gasteiger charge is -2.13. The molecule has 0 bridgehead atoms. The maximum atomic E-state index is 13.5. The van der Waals surface area contributed by atoms with Crippen LogP contribution in [0.4, 0.5) is 5.82 Å². The van der Waals surface area contributed by atoms with Crippen LogP contribution < -0.4 is 11.3 Å². The van der Waals surface area contributed by atoms with E-state index in [9.17, 15) is 10.1 Å². The van der Waals surface area contributed by atoms with Crippen LogP contribution in [-0.4, -0.2) is 14.5 Å². The van der Waals surface area contributed by atoms with Gasteiger partial charge in [-0.3, -0.25) is 9.36 Å². The second-order valence-electron chi connectivity index (χ2n) is 8.41. The number of aromatic nitrogens is 3. The molecule has 0 aliphatic rings. The van der Waals surface area contributed by atoms with Crippen LogP contribution in [0.15, 0.2) is 113 Å². The van der Waals surface area contributed by atoms with E-state index in [2.05, 4.69) is 11.1 Å². The van der Waals surface area contributed by atoms with E-state index in [4.69, 9.17) is 15.1 Å². The molecule has 0 radical (unpaired) electrons. The Hall–Kier alpha value is -5.48. The fourth-order valence-corrected chi connectivity index (χ4v) is 4.40. The van der Waals surface area contributed by atoms with Crippen LogP contribution >= 0.6 is 0 Å². The van der Waals surface area contributed by atoms with Gasteiger partial charge in [-0.05, 0) is 48.0 Å². The van der Waals surface area contributed by atoms with Crippen LogP contribution in [0.25, 0.3) is 50.6 Å². The number of furan rings is 1. The number of rotatable bonds is 4. The molecule has 0 fully saturated rings. The summed E-state index contributed by atoms with van der Waals surface area (Å²) < 4.78 is 7.14. The van der Waals surface area contributed by atoms with E-state index in [1.54, 1.807) is 29.0 Å². The first-order valence-electron chi connectivity index (χ1n) is 11.6. The quantitative estimate of drug-likeness (QED) is 0.339. The summed E-state index contributed by atoms with van der Waals surface area (Å²) in [5.74, 6) is 1.06. The summed E-state index contributed by atoms with van der Waals surface area (Å²) >= 11 is 0. The molecule has 3 aromatic carbocycles. The molecule has 7 heteroatoms. The normalized spacial score (nSPS) is 10.9. The van der Waals surface area contributed by atoms with Crippen LogP contribution in [0.5, 0.6) is 0 Å². The number of hydrogen-bond acceptors (Lipinski definition) is 6. The lowest BCUT2D eigenvalue weighted by molar-refractivity contribution is 0.574. The molecule has 0 spiro atoms. The molecule has 176 valence electrons. The Morgan fingerprint density at radius 1 is 0.838 bits per heavy atom. The zero-order chi connectivity index (χ0) is 25.4. The van der Waals surface area contributed by atoms with Gasteiger partial charge in [0.1, 0.15) is 17.5 Å². The summed E-state index contributed by atoms with van der Waals surface area (Å²) in [6, 6.07) is 31.8. The third-order valence-electron chi connectivity index (χ3n) is 6.18. The standard InChI is InChI=1S/C30H19N5O2/c31-18-24-23(19-7-2-1-3-8-19)17-26(33-28(24)32)20-12-14-21(15-13-20)35-29(27-11-6-16-37-27)34-25-10-5-4-9-22(25)30(35)36/h1-17H,(H2,32,33). The summed E-state index contributed by atoms with van der Waals surface area (Å²) in [6.45, 7) is 0. The molecular weight excluding hydrogens is 462 g/mol. The highest BCUT2D eigenvalue weighted by molar-refractivity contribution is 5.81. The van der Waals surface area contributed by atoms with Gasteiger partial charge in [0.05, 0.1) is 28.5 Å². The summed E-state index contributed by atoms with van der Waals surface area (Å²) in [6.07, 6.45) is 1.55. The van der Waals surface area contributed by atoms with Gasteiger partial charge in [-0.1, -0.05) is 54.6 Å². The minimum Gasteiger partial charge on any atom is -0.461 e. The van der Waals surface area contributed by atoms with Gasteiger partial charge < -0.3 is 10.2 Å². The largest absolute Gasteiger partial charge is 0.461 e. The van der Waals surface area contributed by atoms with Crippen molar-refractivity contribution in [3.05, 3.63) is 119 Å². The fourth-order valence-electron chi connectivity index (χ4n) is 4.40. The van der Waals surface area contributed by atoms with Crippen LogP contribution in [0.3, 0.4) is 0 Å². The lowest BCUT2D eigenvalue weighted by atomic mass is 9.98. The molecule has 0 aliphatic heterocycles. The number of nitrogen functional groups attached to an aromatic ring is 1. The molecule has 37 heavy (non-hydrogen) atoms. The van der Waals surface area contributed by atoms with E-state index in [1.165, 1.54) is 0 Å². The molecule has 0 amide bonds. The van der Waals surface area contributed by atoms with Crippen LogP contribution in [0.2, 0.25) is 0 Å². The predicted molar refractivity (Wildman–Crippen MR) is 143 cm³/mol. The Morgan fingerprint density at radius 3 is 2.32 bits per heavy atom. The molecule has 7 nitrogen and oxygen atoms in total. The van der Waals surface area contributed by atoms with Gasteiger partial charge in [-0.2, -0.15) is 5.26 Å². The van der Waals surface area contributed by atoms with Gasteiger partial charge in [-0.25, -0.2) is 9.97 Å². The van der Waals surface area contributed by atoms with Gasteiger partial charge >= 0.3 is 0 Å². The van der Waals surface area contributed by atoms with Gasteiger partial charge in [0.15, 0.2) is 11.6 Å². The average Bonchev–Trinajstić information content (AvgIpc) is 3.48. The predicted octanol–water partition coefficient (Wildman–Crippen LogP) is 5.83. The minimum atomic E-state index is -0.197. The first-order chi connectivity index (χ1) is 18.1. The van der Waals surface area contributed by atoms with Gasteiger partial charge in [0, 0.05) is 11.1 Å². The lowest BCUT2D eigenvalue weighted by Crippen LogP contribution is -2.21. The topological polar surface area (TPSA) is 111 Å². The summed E-state index contributed by atoms with van der Waals surface area (Å²) in [5.41, 5.74) is 10.5. The summed E-state index contributed by atoms with van der Waals surface area (Å²) in [5, 5.41) is 10.2. The first-order valence-corrected chi connectivity index (χ1v) is 11.6. The molecule has 0 unspecified atom stereocenters. The van der Waals surface area contributed by atoms with Gasteiger partial charge in [-0.15, -0.1) is 0 Å². The van der Waals surface area contributed by atoms with Gasteiger partial charge in [0.2, 0.25) is 0 Å². The zero-order valence-corrected chi connectivity index (χ0v) is 19.5. The number of pyridine rings is 1. The van der Waals surface area contributed by atoms with E-state index in [0.29, 0.717) is 45.0 Å². The van der Waals surface area contributed by atoms with Crippen molar-refractivity contribution in [1.82, 2.24) is 14.5 Å². The van der Waals surface area contributed by atoms with Gasteiger partial charge in [0.25, 0.3) is 5.56 Å². The molecule has 0 saturated carbocycles. The Balaban J connectivity index is 1.49. The maximum Gasteiger partial charge on any atom is 0.266 e. The number of nitriles is 1. The van der Waals surface area contributed by atoms with Crippen molar-refractivity contribution in [2.75, 3.05) is 5.73 Å². The number of benzene rings is 3. The first kappa shape index (κ1) is 22.0. The highest BCUT2D eigenvalue weighted by Crippen LogP contribution is 2.32. The van der Waals surface area contributed by atoms with Crippen molar-refractivity contribution in [3.63, 3.8) is 0 Å². The highest BCUT2D eigenvalue weighted by Gasteiger charge is 2.17. The number of hydrogen-bond donors (Lipinski definition) is 1. The maximum absolute atomic E-state index is 13.5. The highest BCUT2D eigenvalue weighted by atomic mass is 16.3. The van der Waals surface area contributed by atoms with E-state index >= 15 is 0 Å². The second-order valence-corrected chi connectivity index (χ2v) is 8.41. The monoisotopic (exact) mass is 481 g/mol. The van der Waals surface area contributed by atoms with Crippen molar-refractivity contribution in [2.24, 2.45) is 0 Å². The molecule has 0 atom stereocenters. The zero-order valence-electron chi connectivity index (χ0n) is 19.5. The number of para-hydroxylation sites is 1. The van der Waals surface area contributed by atoms with Crippen molar-refractivity contribution in [2.45, 2.75) is 0 Å². The number of fused-ring (bicyclic) bond motifs is 1. The van der Waals surface area contributed by atoms with Crippen LogP contribution in [-0.2, 0) is 0 Å². The second kappa shape index (κ2) is 8.95. The fraction of sp³-hybridized carbons (Fsp3) is 0. The van der Waals surface area contributed by atoms with Crippen LogP contribution in [0, 0.1) is 11.3 Å². The smallest absolute Gasteiger partial charge is 0.266 e. The molecule has 3 heterocycles. The van der Waals surface area contributed by atoms with Crippen molar-refractivity contribution in [1.29, 1.82) is 5.26 Å². The third kappa shape index (κ3) is 3.83. The summed E-state index contributed by atoms with van der Waals surface area (Å²) in [7, 11) is 0. The SMILES string of the molecule is N#Cc1c(-c2ccccc2)cc(-c2ccc(-n3c(-c4ccco4)nc4ccccc4c3=O)cc2)nc1N. The molecular formula is C30H19N5O2. The molecule has 0 saturated heterocycles. The Morgan fingerprint density at radius 2 is 1.59 bits per heavy atom. The number of anilines is 1. The molecule has 2 N–H and O–H groups in total. The minimum absolute atomic E-state index is 0.165. The molecule has 6 aromatic rings. The van der Waals surface area contributed by atoms with E-state index in [1.807, 2.05) is 78.9 Å². The van der Waals surface area contributed by atoms with Crippen molar-refractivity contribution in [3.8, 4) is 45.7 Å². The van der Waals surface area contributed by atoms with Crippen LogP contribution in [0.1, 0.15) is 5.56 Å².